The van der Waals surface area contributed by atoms with Gasteiger partial charge in [-0.15, -0.1) is 0 Å². The van der Waals surface area contributed by atoms with Gasteiger partial charge in [-0.05, 0) is 61.4 Å². The maximum Gasteiger partial charge on any atom is 0.370 e. The van der Waals surface area contributed by atoms with Crippen LogP contribution >= 0.6 is 0 Å². The summed E-state index contributed by atoms with van der Waals surface area (Å²) in [6.45, 7) is 5.46. The SMILES string of the molecule is COCC1(C)OC(=O)C(=C/C=C/C=C/C2=C(O)OC(c3cc(C)c(C4OC(=O)C(/C=C/C=C/C=C5C(=O)OC(C)(O)OC5=O)=C(O)O4)cc3C)OC2=O)C(=O)O1. The number of cyclic esters (lactones) is 6. The van der Waals surface area contributed by atoms with Crippen molar-refractivity contribution in [3.05, 3.63) is 129 Å². The molecule has 18 heteroatoms. The summed E-state index contributed by atoms with van der Waals surface area (Å²) in [6, 6.07) is 3.11. The zero-order chi connectivity index (χ0) is 40.9. The molecule has 4 aliphatic rings. The van der Waals surface area contributed by atoms with E-state index in [0.717, 1.165) is 25.2 Å². The zero-order valence-electron chi connectivity index (χ0n) is 30.3. The van der Waals surface area contributed by atoms with Crippen molar-refractivity contribution >= 4 is 35.8 Å². The number of hydrogen-bond donors (Lipinski definition) is 3. The van der Waals surface area contributed by atoms with E-state index >= 15 is 0 Å². The number of methoxy groups -OCH3 is 1. The molecule has 4 aliphatic heterocycles. The molecule has 1 aromatic rings. The number of hydrogen-bond acceptors (Lipinski definition) is 18. The molecule has 4 heterocycles. The summed E-state index contributed by atoms with van der Waals surface area (Å²) in [5, 5.41) is 30.6. The van der Waals surface area contributed by atoms with E-state index in [1.54, 1.807) is 26.0 Å². The summed E-state index contributed by atoms with van der Waals surface area (Å²) in [4.78, 5) is 73.9. The summed E-state index contributed by atoms with van der Waals surface area (Å²) >= 11 is 0. The van der Waals surface area contributed by atoms with Crippen LogP contribution in [0.5, 0.6) is 0 Å². The van der Waals surface area contributed by atoms with Gasteiger partial charge in [-0.2, -0.15) is 0 Å². The average molecular weight is 779 g/mol. The Morgan fingerprint density at radius 1 is 0.607 bits per heavy atom. The molecule has 0 amide bonds. The highest BCUT2D eigenvalue weighted by Gasteiger charge is 2.43. The quantitative estimate of drug-likeness (QED) is 0.101. The highest BCUT2D eigenvalue weighted by Crippen LogP contribution is 2.37. The number of aliphatic hydroxyl groups excluding tert-OH is 2. The number of benzene rings is 1. The van der Waals surface area contributed by atoms with Crippen LogP contribution in [-0.2, 0) is 71.4 Å². The third-order valence-electron chi connectivity index (χ3n) is 7.89. The Morgan fingerprint density at radius 2 is 1.00 bits per heavy atom. The average Bonchev–Trinajstić information content (AvgIpc) is 3.08. The fourth-order valence-electron chi connectivity index (χ4n) is 5.27. The largest absolute Gasteiger partial charge is 0.480 e. The Balaban J connectivity index is 1.21. The van der Waals surface area contributed by atoms with E-state index in [4.69, 9.17) is 33.2 Å². The first-order chi connectivity index (χ1) is 26.4. The van der Waals surface area contributed by atoms with Gasteiger partial charge in [0.15, 0.2) is 0 Å². The first-order valence-electron chi connectivity index (χ1n) is 16.4. The van der Waals surface area contributed by atoms with E-state index in [9.17, 15) is 44.1 Å². The predicted molar refractivity (Wildman–Crippen MR) is 183 cm³/mol. The second kappa shape index (κ2) is 16.2. The van der Waals surface area contributed by atoms with Gasteiger partial charge in [0.1, 0.15) is 28.9 Å². The van der Waals surface area contributed by atoms with E-state index in [1.807, 2.05) is 0 Å². The first kappa shape index (κ1) is 40.3. The Labute approximate surface area is 317 Å². The maximum atomic E-state index is 12.8. The number of rotatable bonds is 10. The van der Waals surface area contributed by atoms with E-state index in [-0.39, 0.29) is 23.3 Å². The minimum absolute atomic E-state index is 0.156. The van der Waals surface area contributed by atoms with E-state index in [1.165, 1.54) is 56.6 Å². The standard InChI is InChI=1S/C38H34O18/c1-19-17-26(36-51-29(41)22(30(42)52-36)13-9-7-11-15-24-33(45)55-38(4,47)56-34(24)46)20(2)16-25(19)35-49-27(39)21(28(40)50-35)12-8-6-10-14-23-31(43)53-37(3,18-48-5)54-32(23)44/h6-17,35-36,39,41,47H,18H2,1-5H3/b10-6+,11-7+,12-8+,13-9+,23-14?,24-15?. The Hall–Kier alpha value is -6.92. The van der Waals surface area contributed by atoms with Gasteiger partial charge in [0.25, 0.3) is 30.3 Å². The van der Waals surface area contributed by atoms with Crippen molar-refractivity contribution in [3.8, 4) is 0 Å². The fourth-order valence-corrected chi connectivity index (χ4v) is 5.27. The molecule has 3 N–H and O–H groups in total. The number of allylic oxidation sites excluding steroid dienone is 8. The van der Waals surface area contributed by atoms with Crippen LogP contribution in [0, 0.1) is 13.8 Å². The zero-order valence-corrected chi connectivity index (χ0v) is 30.3. The van der Waals surface area contributed by atoms with Crippen molar-refractivity contribution in [3.63, 3.8) is 0 Å². The molecule has 2 atom stereocenters. The smallest absolute Gasteiger partial charge is 0.370 e. The van der Waals surface area contributed by atoms with Crippen LogP contribution in [-0.4, -0.2) is 76.6 Å². The van der Waals surface area contributed by atoms with Crippen molar-refractivity contribution in [2.45, 2.75) is 52.0 Å². The van der Waals surface area contributed by atoms with Gasteiger partial charge >= 0.3 is 41.8 Å². The highest BCUT2D eigenvalue weighted by molar-refractivity contribution is 6.16. The minimum atomic E-state index is -2.38. The number of esters is 6. The number of carbonyl (C=O) groups excluding carboxylic acids is 6. The monoisotopic (exact) mass is 778 g/mol. The van der Waals surface area contributed by atoms with Crippen LogP contribution in [0.3, 0.4) is 0 Å². The lowest BCUT2D eigenvalue weighted by Gasteiger charge is -2.32. The second-order valence-electron chi connectivity index (χ2n) is 12.4. The predicted octanol–water partition coefficient (Wildman–Crippen LogP) is 3.29. The minimum Gasteiger partial charge on any atom is -0.480 e. The van der Waals surface area contributed by atoms with Crippen molar-refractivity contribution in [1.29, 1.82) is 0 Å². The molecule has 2 saturated heterocycles. The lowest BCUT2D eigenvalue weighted by molar-refractivity contribution is -0.318. The molecular weight excluding hydrogens is 744 g/mol. The number of aliphatic hydroxyl groups is 3. The van der Waals surface area contributed by atoms with E-state index in [0.29, 0.717) is 22.3 Å². The Morgan fingerprint density at radius 3 is 1.38 bits per heavy atom. The van der Waals surface area contributed by atoms with Gasteiger partial charge in [-0.25, -0.2) is 28.8 Å². The molecule has 0 bridgehead atoms. The van der Waals surface area contributed by atoms with Crippen LogP contribution in [0.15, 0.2) is 107 Å². The molecule has 0 aromatic heterocycles. The van der Waals surface area contributed by atoms with Crippen LogP contribution in [0.1, 0.15) is 48.7 Å². The molecular formula is C38H34O18. The van der Waals surface area contributed by atoms with Crippen molar-refractivity contribution in [2.24, 2.45) is 0 Å². The molecule has 0 radical (unpaired) electrons. The van der Waals surface area contributed by atoms with Gasteiger partial charge in [-0.1, -0.05) is 36.5 Å². The molecule has 5 rings (SSSR count). The van der Waals surface area contributed by atoms with Gasteiger partial charge in [-0.3, -0.25) is 0 Å². The van der Waals surface area contributed by atoms with E-state index in [2.05, 4.69) is 9.47 Å². The lowest BCUT2D eigenvalue weighted by atomic mass is 9.98. The third-order valence-corrected chi connectivity index (χ3v) is 7.89. The topological polar surface area (TPSA) is 246 Å². The summed E-state index contributed by atoms with van der Waals surface area (Å²) < 4.78 is 46.0. The summed E-state index contributed by atoms with van der Waals surface area (Å²) in [6.07, 6.45) is 9.64. The molecule has 2 unspecified atom stereocenters. The van der Waals surface area contributed by atoms with Crippen LogP contribution in [0.2, 0.25) is 0 Å². The molecule has 18 nitrogen and oxygen atoms in total. The van der Waals surface area contributed by atoms with Crippen molar-refractivity contribution < 1.29 is 86.7 Å². The lowest BCUT2D eigenvalue weighted by Crippen LogP contribution is -2.47. The summed E-state index contributed by atoms with van der Waals surface area (Å²) in [5.74, 6) is -11.3. The number of carbonyl (C=O) groups is 6. The van der Waals surface area contributed by atoms with Gasteiger partial charge in [0.2, 0.25) is 0 Å². The van der Waals surface area contributed by atoms with Crippen LogP contribution in [0.25, 0.3) is 0 Å². The fraction of sp³-hybridized carbons (Fsp3) is 0.263. The number of aryl methyl sites for hydroxylation is 2. The van der Waals surface area contributed by atoms with Crippen molar-refractivity contribution in [1.82, 2.24) is 0 Å². The van der Waals surface area contributed by atoms with Crippen molar-refractivity contribution in [2.75, 3.05) is 13.7 Å². The normalized spacial score (nSPS) is 25.9. The second-order valence-corrected chi connectivity index (χ2v) is 12.4. The molecule has 56 heavy (non-hydrogen) atoms. The molecule has 0 saturated carbocycles. The van der Waals surface area contributed by atoms with E-state index < -0.39 is 77.6 Å². The Bertz CT molecular complexity index is 2080. The molecule has 0 spiro atoms. The highest BCUT2D eigenvalue weighted by atomic mass is 16.8. The Kier molecular flexibility index (Phi) is 11.7. The molecule has 0 aliphatic carbocycles. The van der Waals surface area contributed by atoms with Crippen LogP contribution in [0.4, 0.5) is 0 Å². The number of ether oxygens (including phenoxy) is 9. The summed E-state index contributed by atoms with van der Waals surface area (Å²) in [7, 11) is 1.35. The molecule has 294 valence electrons. The summed E-state index contributed by atoms with van der Waals surface area (Å²) in [5.41, 5.74) is 0.0701. The van der Waals surface area contributed by atoms with Gasteiger partial charge < -0.3 is 58.0 Å². The third kappa shape index (κ3) is 9.05. The van der Waals surface area contributed by atoms with Gasteiger partial charge in [0.05, 0.1) is 0 Å². The van der Waals surface area contributed by atoms with Crippen LogP contribution < -0.4 is 0 Å². The molecule has 1 aromatic carbocycles. The molecule has 2 fully saturated rings. The maximum absolute atomic E-state index is 12.8. The van der Waals surface area contributed by atoms with Gasteiger partial charge in [0, 0.05) is 32.1 Å². The first-order valence-corrected chi connectivity index (χ1v) is 16.4.